The molecule has 1 unspecified atom stereocenters. The van der Waals surface area contributed by atoms with Gasteiger partial charge < -0.3 is 5.32 Å². The van der Waals surface area contributed by atoms with E-state index in [-0.39, 0.29) is 34.6 Å². The molecule has 2 saturated carbocycles. The number of rotatable bonds is 4. The molecule has 4 heterocycles. The van der Waals surface area contributed by atoms with Gasteiger partial charge in [-0.05, 0) is 5.56 Å². The van der Waals surface area contributed by atoms with Crippen molar-refractivity contribution in [2.45, 2.75) is 17.9 Å². The molecule has 7 rings (SSSR count). The summed E-state index contributed by atoms with van der Waals surface area (Å²) in [4.78, 5) is 36.2. The van der Waals surface area contributed by atoms with Gasteiger partial charge in [0.05, 0.1) is 5.69 Å². The molecule has 4 aliphatic rings. The van der Waals surface area contributed by atoms with E-state index in [1.807, 2.05) is 30.3 Å². The van der Waals surface area contributed by atoms with Gasteiger partial charge in [0.1, 0.15) is 10.5 Å². The van der Waals surface area contributed by atoms with Crippen LogP contribution in [0.15, 0.2) is 42.7 Å². The summed E-state index contributed by atoms with van der Waals surface area (Å²) in [6.45, 7) is 0. The Kier molecular flexibility index (Phi) is 3.27. The quantitative estimate of drug-likeness (QED) is 0.706. The molecule has 2 aromatic heterocycles. The van der Waals surface area contributed by atoms with Crippen LogP contribution in [0.3, 0.4) is 0 Å². The first-order valence-corrected chi connectivity index (χ1v) is 10.2. The molecular weight excluding hydrogens is 388 g/mol. The zero-order valence-electron chi connectivity index (χ0n) is 15.4. The molecule has 29 heavy (non-hydrogen) atoms. The lowest BCUT2D eigenvalue weighted by Gasteiger charge is -2.25. The molecule has 8 nitrogen and oxygen atoms in total. The molecule has 0 radical (unpaired) electrons. The van der Waals surface area contributed by atoms with Crippen LogP contribution in [0.1, 0.15) is 32.0 Å². The largest absolute Gasteiger partial charge is 0.335 e. The Balaban J connectivity index is 1.22. The number of fused-ring (bicyclic) bond motifs is 1. The summed E-state index contributed by atoms with van der Waals surface area (Å²) in [5.41, 5.74) is 1.10. The van der Waals surface area contributed by atoms with Crippen molar-refractivity contribution in [3.8, 4) is 0 Å². The number of hydrogen-bond acceptors (Lipinski definition) is 7. The number of likely N-dealkylation sites (N-methyl/N-ethyl adjacent to an activating group) is 1. The lowest BCUT2D eigenvalue weighted by molar-refractivity contribution is -0.122. The Morgan fingerprint density at radius 3 is 2.72 bits per heavy atom. The summed E-state index contributed by atoms with van der Waals surface area (Å²) < 4.78 is 0. The molecule has 1 N–H and O–H groups in total. The third-order valence-corrected chi connectivity index (χ3v) is 7.06. The van der Waals surface area contributed by atoms with Crippen LogP contribution in [-0.2, 0) is 11.2 Å². The van der Waals surface area contributed by atoms with Crippen molar-refractivity contribution in [2.75, 3.05) is 11.9 Å². The van der Waals surface area contributed by atoms with E-state index in [2.05, 4.69) is 25.5 Å². The van der Waals surface area contributed by atoms with Crippen molar-refractivity contribution in [3.63, 3.8) is 0 Å². The second-order valence-electron chi connectivity index (χ2n) is 7.69. The van der Waals surface area contributed by atoms with Gasteiger partial charge in [-0.2, -0.15) is 0 Å². The van der Waals surface area contributed by atoms with Crippen LogP contribution in [-0.4, -0.2) is 44.6 Å². The molecule has 2 aliphatic carbocycles. The molecule has 0 spiro atoms. The summed E-state index contributed by atoms with van der Waals surface area (Å²) in [5.74, 6) is 0.486. The van der Waals surface area contributed by atoms with Crippen LogP contribution in [0.2, 0.25) is 0 Å². The van der Waals surface area contributed by atoms with Gasteiger partial charge in [-0.1, -0.05) is 41.7 Å². The fraction of sp³-hybridized carbons (Fsp3) is 0.300. The molecule has 3 aromatic rings. The smallest absolute Gasteiger partial charge is 0.283 e. The normalized spacial score (nSPS) is 28.2. The van der Waals surface area contributed by atoms with Crippen LogP contribution in [0.5, 0.6) is 0 Å². The predicted molar refractivity (Wildman–Crippen MR) is 105 cm³/mol. The lowest BCUT2D eigenvalue weighted by atomic mass is 9.95. The number of aromatic nitrogens is 4. The van der Waals surface area contributed by atoms with Crippen molar-refractivity contribution in [3.05, 3.63) is 64.0 Å². The van der Waals surface area contributed by atoms with E-state index in [9.17, 15) is 9.59 Å². The van der Waals surface area contributed by atoms with Gasteiger partial charge in [-0.3, -0.25) is 19.5 Å². The minimum atomic E-state index is -0.857. The molecule has 2 bridgehead atoms. The average molecular weight is 404 g/mol. The van der Waals surface area contributed by atoms with E-state index >= 15 is 0 Å². The van der Waals surface area contributed by atoms with E-state index < -0.39 is 5.54 Å². The molecule has 144 valence electrons. The Hall–Kier alpha value is -3.20. The third kappa shape index (κ3) is 2.24. The fourth-order valence-corrected chi connectivity index (χ4v) is 5.45. The topological polar surface area (TPSA) is 101 Å². The zero-order valence-corrected chi connectivity index (χ0v) is 16.3. The molecule has 9 heteroatoms. The summed E-state index contributed by atoms with van der Waals surface area (Å²) in [6, 6.07) is 9.92. The number of hydrogen-bond donors (Lipinski definition) is 1. The standard InChI is InChI=1S/C20H16N6O2S/c1-26-16-15(21-7-8-22-16)12-13-14(12)20(13,19(26)28)23-17(27)18-25-24-11(29-18)9-10-5-3-2-4-6-10/h2-8,12-14H,9H2,1H3,(H,23,27)/t12-,13+,14?,20+/m0/s1. The van der Waals surface area contributed by atoms with Crippen molar-refractivity contribution >= 4 is 29.0 Å². The second-order valence-corrected chi connectivity index (χ2v) is 8.76. The third-order valence-electron chi connectivity index (χ3n) is 6.14. The first kappa shape index (κ1) is 16.7. The van der Waals surface area contributed by atoms with E-state index in [1.54, 1.807) is 19.4 Å². The Morgan fingerprint density at radius 1 is 1.17 bits per heavy atom. The van der Waals surface area contributed by atoms with Gasteiger partial charge in [0.2, 0.25) is 5.01 Å². The van der Waals surface area contributed by atoms with Crippen molar-refractivity contribution in [2.24, 2.45) is 11.8 Å². The van der Waals surface area contributed by atoms with Crippen molar-refractivity contribution < 1.29 is 9.59 Å². The van der Waals surface area contributed by atoms with Gasteiger partial charge in [0.25, 0.3) is 11.8 Å². The van der Waals surface area contributed by atoms with Crippen LogP contribution < -0.4 is 10.2 Å². The molecule has 2 fully saturated rings. The highest BCUT2D eigenvalue weighted by molar-refractivity contribution is 7.13. The van der Waals surface area contributed by atoms with Gasteiger partial charge in [-0.25, -0.2) is 4.98 Å². The molecule has 1 aromatic carbocycles. The minimum absolute atomic E-state index is 0.0936. The summed E-state index contributed by atoms with van der Waals surface area (Å²) in [5, 5.41) is 12.2. The van der Waals surface area contributed by atoms with E-state index in [0.29, 0.717) is 12.2 Å². The first-order chi connectivity index (χ1) is 14.1. The molecule has 2 amide bonds. The first-order valence-electron chi connectivity index (χ1n) is 9.39. The predicted octanol–water partition coefficient (Wildman–Crippen LogP) is 1.41. The number of carbonyl (C=O) groups is 2. The van der Waals surface area contributed by atoms with E-state index in [0.717, 1.165) is 16.3 Å². The van der Waals surface area contributed by atoms with E-state index in [1.165, 1.54) is 16.2 Å². The zero-order chi connectivity index (χ0) is 19.8. The maximum atomic E-state index is 13.1. The van der Waals surface area contributed by atoms with Gasteiger partial charge in [0.15, 0.2) is 5.82 Å². The van der Waals surface area contributed by atoms with Gasteiger partial charge in [-0.15, -0.1) is 10.2 Å². The van der Waals surface area contributed by atoms with Gasteiger partial charge >= 0.3 is 0 Å². The fourth-order valence-electron chi connectivity index (χ4n) is 4.68. The average Bonchev–Trinajstić information content (AvgIpc) is 3.60. The monoisotopic (exact) mass is 404 g/mol. The Morgan fingerprint density at radius 2 is 1.93 bits per heavy atom. The van der Waals surface area contributed by atoms with Crippen LogP contribution in [0.4, 0.5) is 5.82 Å². The number of carbonyl (C=O) groups excluding carboxylic acids is 2. The number of benzene rings is 1. The molecule has 2 aliphatic heterocycles. The maximum absolute atomic E-state index is 13.1. The Labute approximate surface area is 170 Å². The number of nitrogens with one attached hydrogen (secondary N) is 1. The maximum Gasteiger partial charge on any atom is 0.283 e. The highest BCUT2D eigenvalue weighted by atomic mass is 32.1. The number of nitrogens with zero attached hydrogens (tertiary/aromatic N) is 5. The highest BCUT2D eigenvalue weighted by Crippen LogP contribution is 2.81. The summed E-state index contributed by atoms with van der Waals surface area (Å²) in [7, 11) is 1.69. The Bertz CT molecular complexity index is 1150. The van der Waals surface area contributed by atoms with Crippen LogP contribution in [0.25, 0.3) is 0 Å². The van der Waals surface area contributed by atoms with Gasteiger partial charge in [0, 0.05) is 43.6 Å². The molecular formula is C20H16N6O2S. The van der Waals surface area contributed by atoms with Crippen molar-refractivity contribution in [1.29, 1.82) is 0 Å². The highest BCUT2D eigenvalue weighted by Gasteiger charge is 2.90. The number of amides is 2. The second kappa shape index (κ2) is 5.66. The molecule has 4 atom stereocenters. The van der Waals surface area contributed by atoms with Crippen LogP contribution in [0, 0.1) is 11.8 Å². The number of anilines is 1. The minimum Gasteiger partial charge on any atom is -0.335 e. The SMILES string of the molecule is CN1C(=O)[C@]2(NC(=O)c3nnc(Cc4ccccc4)s3)C3[C@@H](c4nccnc41)[C@H]32. The summed E-state index contributed by atoms with van der Waals surface area (Å²) >= 11 is 1.26. The van der Waals surface area contributed by atoms with Crippen molar-refractivity contribution in [1.82, 2.24) is 25.5 Å². The lowest BCUT2D eigenvalue weighted by Crippen LogP contribution is -2.54. The van der Waals surface area contributed by atoms with E-state index in [4.69, 9.17) is 0 Å². The van der Waals surface area contributed by atoms with Crippen LogP contribution >= 0.6 is 11.3 Å². The summed E-state index contributed by atoms with van der Waals surface area (Å²) in [6.07, 6.45) is 3.86. The molecule has 0 saturated heterocycles.